The van der Waals surface area contributed by atoms with E-state index in [4.69, 9.17) is 14.2 Å². The minimum absolute atomic E-state index is 0.0639. The molecule has 2 atom stereocenters. The van der Waals surface area contributed by atoms with Crippen LogP contribution in [-0.2, 0) is 28.6 Å². The minimum atomic E-state index is -0.762. The molecule has 0 saturated heterocycles. The summed E-state index contributed by atoms with van der Waals surface area (Å²) < 4.78 is 16.8. The molecule has 0 spiro atoms. The van der Waals surface area contributed by atoms with Gasteiger partial charge in [0.05, 0.1) is 0 Å². The number of rotatable bonds is 47. The number of hydrogen-bond donors (Lipinski definition) is 0. The molecule has 350 valence electrons. The smallest absolute Gasteiger partial charge is 0.306 e. The molecule has 0 aliphatic heterocycles. The molecule has 6 heteroatoms. The van der Waals surface area contributed by atoms with E-state index >= 15 is 0 Å². The summed E-state index contributed by atoms with van der Waals surface area (Å²) >= 11 is 0. The predicted octanol–water partition coefficient (Wildman–Crippen LogP) is 16.9. The fourth-order valence-electron chi connectivity index (χ4n) is 7.96. The lowest BCUT2D eigenvalue weighted by atomic mass is 9.99. The van der Waals surface area contributed by atoms with E-state index in [1.165, 1.54) is 180 Å². The van der Waals surface area contributed by atoms with Gasteiger partial charge in [0.1, 0.15) is 13.2 Å². The van der Waals surface area contributed by atoms with Crippen LogP contribution in [0.4, 0.5) is 0 Å². The van der Waals surface area contributed by atoms with Gasteiger partial charge in [-0.05, 0) is 31.1 Å². The van der Waals surface area contributed by atoms with Crippen molar-refractivity contribution >= 4 is 17.9 Å². The summed E-state index contributed by atoms with van der Waals surface area (Å²) in [6, 6.07) is 0. The van der Waals surface area contributed by atoms with E-state index < -0.39 is 6.10 Å². The van der Waals surface area contributed by atoms with Crippen molar-refractivity contribution < 1.29 is 28.6 Å². The zero-order valence-corrected chi connectivity index (χ0v) is 40.4. The van der Waals surface area contributed by atoms with Crippen molar-refractivity contribution in [1.29, 1.82) is 0 Å². The van der Waals surface area contributed by atoms with Gasteiger partial charge in [-0.25, -0.2) is 0 Å². The quantitative estimate of drug-likeness (QED) is 0.0345. The van der Waals surface area contributed by atoms with Crippen LogP contribution in [-0.4, -0.2) is 37.2 Å². The van der Waals surface area contributed by atoms with E-state index in [1.54, 1.807) is 0 Å². The highest BCUT2D eigenvalue weighted by molar-refractivity contribution is 5.71. The Kier molecular flexibility index (Phi) is 44.7. The van der Waals surface area contributed by atoms with Crippen LogP contribution >= 0.6 is 0 Å². The topological polar surface area (TPSA) is 78.9 Å². The summed E-state index contributed by atoms with van der Waals surface area (Å²) in [5.74, 6) is 0.836. The molecule has 0 fully saturated rings. The molecule has 0 aliphatic rings. The van der Waals surface area contributed by atoms with Crippen molar-refractivity contribution in [2.45, 2.75) is 298 Å². The molecule has 0 N–H and O–H groups in total. The Balaban J connectivity index is 4.31. The van der Waals surface area contributed by atoms with Gasteiger partial charge in [0, 0.05) is 19.3 Å². The molecule has 0 aromatic heterocycles. The second-order valence-electron chi connectivity index (χ2n) is 18.9. The van der Waals surface area contributed by atoms with Gasteiger partial charge in [-0.3, -0.25) is 14.4 Å². The maximum absolute atomic E-state index is 12.8. The normalized spacial score (nSPS) is 12.5. The third kappa shape index (κ3) is 45.8. The molecular formula is C53H102O6. The first-order chi connectivity index (χ1) is 28.8. The number of hydrogen-bond acceptors (Lipinski definition) is 6. The van der Waals surface area contributed by atoms with Gasteiger partial charge in [-0.1, -0.05) is 253 Å². The van der Waals surface area contributed by atoms with Crippen LogP contribution in [0.3, 0.4) is 0 Å². The first kappa shape index (κ1) is 57.4. The van der Waals surface area contributed by atoms with Crippen molar-refractivity contribution in [2.75, 3.05) is 13.2 Å². The van der Waals surface area contributed by atoms with E-state index in [2.05, 4.69) is 34.6 Å². The van der Waals surface area contributed by atoms with Crippen LogP contribution in [0.5, 0.6) is 0 Å². The third-order valence-corrected chi connectivity index (χ3v) is 12.3. The molecule has 0 aromatic carbocycles. The Morgan fingerprint density at radius 1 is 0.356 bits per heavy atom. The lowest BCUT2D eigenvalue weighted by Gasteiger charge is -2.18. The molecule has 0 radical (unpaired) electrons. The van der Waals surface area contributed by atoms with Crippen LogP contribution < -0.4 is 0 Å². The van der Waals surface area contributed by atoms with Gasteiger partial charge >= 0.3 is 17.9 Å². The first-order valence-electron chi connectivity index (χ1n) is 26.3. The zero-order chi connectivity index (χ0) is 43.3. The zero-order valence-electron chi connectivity index (χ0n) is 40.4. The lowest BCUT2D eigenvalue weighted by molar-refractivity contribution is -0.167. The Morgan fingerprint density at radius 2 is 0.644 bits per heavy atom. The molecule has 0 rings (SSSR count). The van der Waals surface area contributed by atoms with Gasteiger partial charge in [0.25, 0.3) is 0 Å². The van der Waals surface area contributed by atoms with Crippen molar-refractivity contribution in [3.63, 3.8) is 0 Å². The van der Waals surface area contributed by atoms with Gasteiger partial charge in [-0.15, -0.1) is 0 Å². The van der Waals surface area contributed by atoms with Crippen LogP contribution in [0, 0.1) is 11.8 Å². The van der Waals surface area contributed by atoms with E-state index in [0.29, 0.717) is 19.3 Å². The Labute approximate surface area is 368 Å². The molecule has 0 saturated carbocycles. The third-order valence-electron chi connectivity index (χ3n) is 12.3. The summed E-state index contributed by atoms with van der Waals surface area (Å²) in [4.78, 5) is 37.9. The molecular weight excluding hydrogens is 733 g/mol. The number of carbonyl (C=O) groups is 3. The molecule has 0 amide bonds. The number of carbonyl (C=O) groups excluding carboxylic acids is 3. The van der Waals surface area contributed by atoms with Gasteiger partial charge in [0.15, 0.2) is 6.10 Å². The Hall–Kier alpha value is -1.59. The second kappa shape index (κ2) is 45.9. The molecule has 1 unspecified atom stereocenters. The average Bonchev–Trinajstić information content (AvgIpc) is 3.22. The van der Waals surface area contributed by atoms with E-state index in [1.807, 2.05) is 0 Å². The maximum Gasteiger partial charge on any atom is 0.306 e. The Morgan fingerprint density at radius 3 is 0.966 bits per heavy atom. The van der Waals surface area contributed by atoms with Crippen LogP contribution in [0.2, 0.25) is 0 Å². The average molecular weight is 835 g/mol. The predicted molar refractivity (Wildman–Crippen MR) is 252 cm³/mol. The van der Waals surface area contributed by atoms with Crippen molar-refractivity contribution in [3.05, 3.63) is 0 Å². The highest BCUT2D eigenvalue weighted by Crippen LogP contribution is 2.18. The largest absolute Gasteiger partial charge is 0.462 e. The summed E-state index contributed by atoms with van der Waals surface area (Å²) in [6.45, 7) is 11.4. The summed E-state index contributed by atoms with van der Waals surface area (Å²) in [6.07, 6.45) is 46.5. The van der Waals surface area contributed by atoms with E-state index in [-0.39, 0.29) is 31.1 Å². The minimum Gasteiger partial charge on any atom is -0.462 e. The highest BCUT2D eigenvalue weighted by atomic mass is 16.6. The monoisotopic (exact) mass is 835 g/mol. The van der Waals surface area contributed by atoms with Crippen molar-refractivity contribution in [3.8, 4) is 0 Å². The first-order valence-corrected chi connectivity index (χ1v) is 26.3. The number of ether oxygens (including phenoxy) is 3. The molecule has 0 bridgehead atoms. The van der Waals surface area contributed by atoms with Crippen LogP contribution in [0.15, 0.2) is 0 Å². The van der Waals surface area contributed by atoms with Gasteiger partial charge in [0.2, 0.25) is 0 Å². The standard InChI is InChI=1S/C53H102O6/c1-6-8-9-10-11-12-13-15-19-22-28-33-38-43-51(54)57-46-50(59-53(56)45-40-35-30-25-24-27-32-37-42-49(5)7-2)47-58-52(55)44-39-34-29-23-20-17-14-16-18-21-26-31-36-41-48(3)4/h48-50H,6-47H2,1-5H3/t49?,50-/m0/s1. The SMILES string of the molecule is CCCCCCCCCCCCCCCC(=O)OC[C@@H](COC(=O)CCCCCCCCCCCCCCCC(C)C)OC(=O)CCCCCCCCCCC(C)CC. The summed E-state index contributed by atoms with van der Waals surface area (Å²) in [7, 11) is 0. The fraction of sp³-hybridized carbons (Fsp3) is 0.943. The van der Waals surface area contributed by atoms with Crippen LogP contribution in [0.1, 0.15) is 291 Å². The second-order valence-corrected chi connectivity index (χ2v) is 18.9. The highest BCUT2D eigenvalue weighted by Gasteiger charge is 2.19. The van der Waals surface area contributed by atoms with E-state index in [0.717, 1.165) is 69.6 Å². The Bertz CT molecular complexity index is 902. The maximum atomic E-state index is 12.8. The molecule has 0 aromatic rings. The summed E-state index contributed by atoms with van der Waals surface area (Å²) in [5, 5.41) is 0. The number of esters is 3. The molecule has 59 heavy (non-hydrogen) atoms. The van der Waals surface area contributed by atoms with Crippen molar-refractivity contribution in [1.82, 2.24) is 0 Å². The molecule has 0 aliphatic carbocycles. The van der Waals surface area contributed by atoms with Gasteiger partial charge < -0.3 is 14.2 Å². The lowest BCUT2D eigenvalue weighted by Crippen LogP contribution is -2.30. The summed E-state index contributed by atoms with van der Waals surface area (Å²) in [5.41, 5.74) is 0. The molecule has 6 nitrogen and oxygen atoms in total. The number of unbranched alkanes of at least 4 members (excludes halogenated alkanes) is 31. The van der Waals surface area contributed by atoms with Crippen molar-refractivity contribution in [2.24, 2.45) is 11.8 Å². The molecule has 0 heterocycles. The van der Waals surface area contributed by atoms with Crippen LogP contribution in [0.25, 0.3) is 0 Å². The fourth-order valence-corrected chi connectivity index (χ4v) is 7.96. The van der Waals surface area contributed by atoms with E-state index in [9.17, 15) is 14.4 Å². The van der Waals surface area contributed by atoms with Gasteiger partial charge in [-0.2, -0.15) is 0 Å².